The molecule has 1 aromatic heterocycles. The standard InChI is InChI=1S/C12H12Cl2N2O3/c1-19-5-8(17)4-16-6-15-11-9(12(16)18)2-7(13)3-10(11)14/h2-3,6,8,17H,4-5H2,1H3. The number of benzene rings is 1. The summed E-state index contributed by atoms with van der Waals surface area (Å²) in [5, 5.41) is 10.7. The number of hydrogen-bond donors (Lipinski definition) is 1. The molecular formula is C12H12Cl2N2O3. The van der Waals surface area contributed by atoms with Crippen LogP contribution in [-0.2, 0) is 11.3 Å². The molecule has 0 aliphatic carbocycles. The van der Waals surface area contributed by atoms with E-state index >= 15 is 0 Å². The number of fused-ring (bicyclic) bond motifs is 1. The molecule has 0 saturated heterocycles. The molecule has 102 valence electrons. The largest absolute Gasteiger partial charge is 0.389 e. The molecule has 7 heteroatoms. The van der Waals surface area contributed by atoms with E-state index in [0.717, 1.165) is 0 Å². The molecule has 1 aromatic carbocycles. The molecule has 1 unspecified atom stereocenters. The van der Waals surface area contributed by atoms with Gasteiger partial charge in [0.05, 0.1) is 41.5 Å². The Morgan fingerprint density at radius 2 is 2.21 bits per heavy atom. The highest BCUT2D eigenvalue weighted by Crippen LogP contribution is 2.23. The van der Waals surface area contributed by atoms with E-state index in [2.05, 4.69) is 4.98 Å². The van der Waals surface area contributed by atoms with E-state index in [4.69, 9.17) is 27.9 Å². The maximum atomic E-state index is 12.2. The van der Waals surface area contributed by atoms with Crippen molar-refractivity contribution < 1.29 is 9.84 Å². The van der Waals surface area contributed by atoms with Crippen LogP contribution in [0.15, 0.2) is 23.3 Å². The number of aliphatic hydroxyl groups is 1. The van der Waals surface area contributed by atoms with Gasteiger partial charge in [0.15, 0.2) is 0 Å². The Morgan fingerprint density at radius 1 is 1.47 bits per heavy atom. The molecule has 0 aliphatic rings. The van der Waals surface area contributed by atoms with Gasteiger partial charge in [-0.15, -0.1) is 0 Å². The summed E-state index contributed by atoms with van der Waals surface area (Å²) < 4.78 is 6.12. The molecule has 0 aliphatic heterocycles. The third-order valence-corrected chi connectivity index (χ3v) is 3.12. The Morgan fingerprint density at radius 3 is 2.89 bits per heavy atom. The summed E-state index contributed by atoms with van der Waals surface area (Å²) in [5.74, 6) is 0. The second-order valence-electron chi connectivity index (χ2n) is 4.10. The van der Waals surface area contributed by atoms with Crippen molar-refractivity contribution in [2.75, 3.05) is 13.7 Å². The molecular weight excluding hydrogens is 291 g/mol. The van der Waals surface area contributed by atoms with Crippen molar-refractivity contribution in [3.8, 4) is 0 Å². The number of methoxy groups -OCH3 is 1. The molecule has 2 aromatic rings. The summed E-state index contributed by atoms with van der Waals surface area (Å²) in [6.45, 7) is 0.237. The van der Waals surface area contributed by atoms with Crippen molar-refractivity contribution in [3.63, 3.8) is 0 Å². The van der Waals surface area contributed by atoms with Crippen molar-refractivity contribution in [1.82, 2.24) is 9.55 Å². The minimum Gasteiger partial charge on any atom is -0.389 e. The Kier molecular flexibility index (Phi) is 4.42. The van der Waals surface area contributed by atoms with Gasteiger partial charge in [0, 0.05) is 12.1 Å². The van der Waals surface area contributed by atoms with Crippen LogP contribution in [0, 0.1) is 0 Å². The Balaban J connectivity index is 2.49. The van der Waals surface area contributed by atoms with Crippen LogP contribution in [0.3, 0.4) is 0 Å². The summed E-state index contributed by atoms with van der Waals surface area (Å²) in [4.78, 5) is 16.3. The number of rotatable bonds is 4. The van der Waals surface area contributed by atoms with Gasteiger partial charge in [-0.1, -0.05) is 23.2 Å². The van der Waals surface area contributed by atoms with E-state index in [1.165, 1.54) is 30.1 Å². The number of aromatic nitrogens is 2. The fourth-order valence-corrected chi connectivity index (χ4v) is 2.34. The van der Waals surface area contributed by atoms with Crippen LogP contribution < -0.4 is 5.56 Å². The number of hydrogen-bond acceptors (Lipinski definition) is 4. The van der Waals surface area contributed by atoms with Gasteiger partial charge in [-0.25, -0.2) is 4.98 Å². The molecule has 2 rings (SSSR count). The molecule has 0 amide bonds. The fraction of sp³-hybridized carbons (Fsp3) is 0.333. The number of aliphatic hydroxyl groups excluding tert-OH is 1. The van der Waals surface area contributed by atoms with Gasteiger partial charge >= 0.3 is 0 Å². The van der Waals surface area contributed by atoms with E-state index < -0.39 is 6.10 Å². The van der Waals surface area contributed by atoms with Gasteiger partial charge in [0.1, 0.15) is 0 Å². The van der Waals surface area contributed by atoms with Crippen LogP contribution in [-0.4, -0.2) is 34.5 Å². The van der Waals surface area contributed by atoms with Crippen LogP contribution in [0.1, 0.15) is 0 Å². The molecule has 0 fully saturated rings. The van der Waals surface area contributed by atoms with Gasteiger partial charge in [-0.3, -0.25) is 9.36 Å². The zero-order valence-corrected chi connectivity index (χ0v) is 11.6. The minimum absolute atomic E-state index is 0.0970. The molecule has 1 atom stereocenters. The van der Waals surface area contributed by atoms with Crippen LogP contribution in [0.25, 0.3) is 10.9 Å². The van der Waals surface area contributed by atoms with Gasteiger partial charge in [-0.05, 0) is 12.1 Å². The summed E-state index contributed by atoms with van der Waals surface area (Å²) in [7, 11) is 1.48. The average molecular weight is 303 g/mol. The Bertz CT molecular complexity index is 657. The predicted molar refractivity (Wildman–Crippen MR) is 73.9 cm³/mol. The number of nitrogens with zero attached hydrogens (tertiary/aromatic N) is 2. The molecule has 1 heterocycles. The highest BCUT2D eigenvalue weighted by Gasteiger charge is 2.11. The van der Waals surface area contributed by atoms with Crippen LogP contribution in [0.4, 0.5) is 0 Å². The summed E-state index contributed by atoms with van der Waals surface area (Å²) >= 11 is 11.9. The van der Waals surface area contributed by atoms with Gasteiger partial charge in [0.2, 0.25) is 0 Å². The van der Waals surface area contributed by atoms with Crippen LogP contribution in [0.5, 0.6) is 0 Å². The first-order valence-electron chi connectivity index (χ1n) is 5.54. The van der Waals surface area contributed by atoms with E-state index in [9.17, 15) is 9.90 Å². The van der Waals surface area contributed by atoms with Gasteiger partial charge < -0.3 is 9.84 Å². The van der Waals surface area contributed by atoms with Crippen molar-refractivity contribution >= 4 is 34.1 Å². The smallest absolute Gasteiger partial charge is 0.261 e. The lowest BCUT2D eigenvalue weighted by Gasteiger charge is -2.12. The first-order chi connectivity index (χ1) is 9.02. The zero-order chi connectivity index (χ0) is 14.0. The van der Waals surface area contributed by atoms with Gasteiger partial charge in [-0.2, -0.15) is 0 Å². The maximum Gasteiger partial charge on any atom is 0.261 e. The molecule has 5 nitrogen and oxygen atoms in total. The predicted octanol–water partition coefficient (Wildman–Crippen LogP) is 1.71. The molecule has 1 N–H and O–H groups in total. The normalized spacial score (nSPS) is 12.8. The van der Waals surface area contributed by atoms with Crippen LogP contribution >= 0.6 is 23.2 Å². The van der Waals surface area contributed by atoms with E-state index in [1.807, 2.05) is 0 Å². The monoisotopic (exact) mass is 302 g/mol. The lowest BCUT2D eigenvalue weighted by atomic mass is 10.2. The first kappa shape index (κ1) is 14.3. The van der Waals surface area contributed by atoms with Gasteiger partial charge in [0.25, 0.3) is 5.56 Å². The molecule has 0 radical (unpaired) electrons. The third kappa shape index (κ3) is 3.06. The summed E-state index contributed by atoms with van der Waals surface area (Å²) in [5.41, 5.74) is 0.0955. The summed E-state index contributed by atoms with van der Waals surface area (Å²) in [6, 6.07) is 3.04. The lowest BCUT2D eigenvalue weighted by molar-refractivity contribution is 0.0529. The quantitative estimate of drug-likeness (QED) is 0.934. The second-order valence-corrected chi connectivity index (χ2v) is 4.94. The second kappa shape index (κ2) is 5.88. The topological polar surface area (TPSA) is 64.3 Å². The SMILES string of the molecule is COCC(O)Cn1cnc2c(Cl)cc(Cl)cc2c1=O. The maximum absolute atomic E-state index is 12.2. The van der Waals surface area contributed by atoms with E-state index in [0.29, 0.717) is 20.9 Å². The van der Waals surface area contributed by atoms with E-state index in [1.54, 1.807) is 0 Å². The number of ether oxygens (including phenoxy) is 1. The third-order valence-electron chi connectivity index (χ3n) is 2.61. The fourth-order valence-electron chi connectivity index (χ4n) is 1.80. The van der Waals surface area contributed by atoms with Crippen molar-refractivity contribution in [2.45, 2.75) is 12.6 Å². The highest BCUT2D eigenvalue weighted by atomic mass is 35.5. The lowest BCUT2D eigenvalue weighted by Crippen LogP contribution is -2.29. The zero-order valence-electron chi connectivity index (χ0n) is 10.1. The molecule has 0 spiro atoms. The van der Waals surface area contributed by atoms with Crippen molar-refractivity contribution in [3.05, 3.63) is 38.9 Å². The Labute approximate surface area is 119 Å². The first-order valence-corrected chi connectivity index (χ1v) is 6.29. The highest BCUT2D eigenvalue weighted by molar-refractivity contribution is 6.38. The average Bonchev–Trinajstić information content (AvgIpc) is 2.33. The number of halogens is 2. The Hall–Kier alpha value is -1.14. The molecule has 0 saturated carbocycles. The minimum atomic E-state index is -0.781. The van der Waals surface area contributed by atoms with Crippen molar-refractivity contribution in [2.24, 2.45) is 0 Å². The molecule has 0 bridgehead atoms. The van der Waals surface area contributed by atoms with Crippen LogP contribution in [0.2, 0.25) is 10.0 Å². The van der Waals surface area contributed by atoms with E-state index in [-0.39, 0.29) is 18.7 Å². The van der Waals surface area contributed by atoms with Crippen molar-refractivity contribution in [1.29, 1.82) is 0 Å². The summed E-state index contributed by atoms with van der Waals surface area (Å²) in [6.07, 6.45) is 0.570. The molecule has 19 heavy (non-hydrogen) atoms.